The van der Waals surface area contributed by atoms with Crippen LogP contribution in [0.3, 0.4) is 0 Å². The first-order valence-corrected chi connectivity index (χ1v) is 11.6. The Balaban J connectivity index is 1.41. The maximum atomic E-state index is 13.5. The van der Waals surface area contributed by atoms with Gasteiger partial charge in [-0.05, 0) is 55.0 Å². The van der Waals surface area contributed by atoms with E-state index in [1.165, 1.54) is 0 Å². The minimum Gasteiger partial charge on any atom is -0.490 e. The van der Waals surface area contributed by atoms with E-state index in [1.54, 1.807) is 0 Å². The van der Waals surface area contributed by atoms with Gasteiger partial charge in [-0.1, -0.05) is 38.1 Å². The number of benzene rings is 2. The lowest BCUT2D eigenvalue weighted by Gasteiger charge is -2.28. The Labute approximate surface area is 185 Å². The summed E-state index contributed by atoms with van der Waals surface area (Å²) < 4.78 is 11.6. The fourth-order valence-corrected chi connectivity index (χ4v) is 4.56. The molecule has 0 saturated heterocycles. The molecule has 5 heteroatoms. The Morgan fingerprint density at radius 2 is 1.84 bits per heavy atom. The smallest absolute Gasteiger partial charge is 0.226 e. The number of hydrogen-bond donors (Lipinski definition) is 1. The fraction of sp³-hybridized carbons (Fsp3) is 0.500. The Morgan fingerprint density at radius 1 is 1.06 bits per heavy atom. The van der Waals surface area contributed by atoms with Crippen LogP contribution >= 0.6 is 0 Å². The number of fused-ring (bicyclic) bond motifs is 1. The quantitative estimate of drug-likeness (QED) is 0.673. The van der Waals surface area contributed by atoms with Crippen molar-refractivity contribution in [3.05, 3.63) is 54.1 Å². The SMILES string of the molecule is CC(C)CN(Cc1ccc2c(c1)OCCCO2)C(=O)C1CCC(Nc2ccccc2)C1. The number of nitrogens with zero attached hydrogens (tertiary/aromatic N) is 1. The topological polar surface area (TPSA) is 50.8 Å². The summed E-state index contributed by atoms with van der Waals surface area (Å²) in [5, 5.41) is 3.59. The third-order valence-electron chi connectivity index (χ3n) is 6.01. The Hall–Kier alpha value is -2.69. The summed E-state index contributed by atoms with van der Waals surface area (Å²) in [5.41, 5.74) is 2.22. The molecule has 0 aromatic heterocycles. The molecule has 166 valence electrons. The lowest BCUT2D eigenvalue weighted by atomic mass is 10.0. The molecule has 4 rings (SSSR count). The largest absolute Gasteiger partial charge is 0.490 e. The van der Waals surface area contributed by atoms with Gasteiger partial charge in [0.2, 0.25) is 5.91 Å². The zero-order valence-corrected chi connectivity index (χ0v) is 18.7. The molecule has 0 spiro atoms. The lowest BCUT2D eigenvalue weighted by molar-refractivity contribution is -0.136. The number of carbonyl (C=O) groups excluding carboxylic acids is 1. The maximum absolute atomic E-state index is 13.5. The fourth-order valence-electron chi connectivity index (χ4n) is 4.56. The lowest BCUT2D eigenvalue weighted by Crippen LogP contribution is -2.37. The molecule has 1 aliphatic carbocycles. The number of ether oxygens (including phenoxy) is 2. The van der Waals surface area contributed by atoms with E-state index < -0.39 is 0 Å². The average molecular weight is 423 g/mol. The molecule has 5 nitrogen and oxygen atoms in total. The van der Waals surface area contributed by atoms with Crippen molar-refractivity contribution < 1.29 is 14.3 Å². The van der Waals surface area contributed by atoms with Gasteiger partial charge in [0.05, 0.1) is 13.2 Å². The molecule has 1 heterocycles. The summed E-state index contributed by atoms with van der Waals surface area (Å²) in [4.78, 5) is 15.5. The van der Waals surface area contributed by atoms with Crippen LogP contribution in [0.2, 0.25) is 0 Å². The summed E-state index contributed by atoms with van der Waals surface area (Å²) >= 11 is 0. The molecular weight excluding hydrogens is 388 g/mol. The summed E-state index contributed by atoms with van der Waals surface area (Å²) in [6, 6.07) is 16.7. The Morgan fingerprint density at radius 3 is 2.61 bits per heavy atom. The first-order chi connectivity index (χ1) is 15.1. The number of para-hydroxylation sites is 1. The normalized spacial score (nSPS) is 20.4. The van der Waals surface area contributed by atoms with Gasteiger partial charge in [-0.25, -0.2) is 0 Å². The first kappa shape index (κ1) is 21.5. The Bertz CT molecular complexity index is 868. The highest BCUT2D eigenvalue weighted by molar-refractivity contribution is 5.79. The second-order valence-electron chi connectivity index (χ2n) is 9.16. The third kappa shape index (κ3) is 5.72. The monoisotopic (exact) mass is 422 g/mol. The van der Waals surface area contributed by atoms with Crippen molar-refractivity contribution in [3.8, 4) is 11.5 Å². The predicted octanol–water partition coefficient (Wildman–Crippen LogP) is 5.11. The van der Waals surface area contributed by atoms with Crippen LogP contribution < -0.4 is 14.8 Å². The van der Waals surface area contributed by atoms with Gasteiger partial charge in [0.15, 0.2) is 11.5 Å². The van der Waals surface area contributed by atoms with Crippen LogP contribution in [-0.4, -0.2) is 36.6 Å². The van der Waals surface area contributed by atoms with E-state index in [4.69, 9.17) is 9.47 Å². The van der Waals surface area contributed by atoms with Crippen LogP contribution in [0.15, 0.2) is 48.5 Å². The van der Waals surface area contributed by atoms with Crippen LogP contribution in [0.1, 0.15) is 45.1 Å². The van der Waals surface area contributed by atoms with Crippen molar-refractivity contribution >= 4 is 11.6 Å². The third-order valence-corrected chi connectivity index (χ3v) is 6.01. The van der Waals surface area contributed by atoms with Crippen molar-refractivity contribution in [2.75, 3.05) is 25.1 Å². The van der Waals surface area contributed by atoms with Gasteiger partial charge in [-0.2, -0.15) is 0 Å². The van der Waals surface area contributed by atoms with E-state index in [0.717, 1.165) is 55.0 Å². The Kier molecular flexibility index (Phi) is 7.00. The van der Waals surface area contributed by atoms with Gasteiger partial charge >= 0.3 is 0 Å². The zero-order chi connectivity index (χ0) is 21.6. The molecule has 31 heavy (non-hydrogen) atoms. The number of rotatable bonds is 7. The number of nitrogens with one attached hydrogen (secondary N) is 1. The van der Waals surface area contributed by atoms with Gasteiger partial charge in [0, 0.05) is 37.2 Å². The van der Waals surface area contributed by atoms with Crippen LogP contribution in [0.5, 0.6) is 11.5 Å². The summed E-state index contributed by atoms with van der Waals surface area (Å²) in [6.45, 7) is 7.07. The van der Waals surface area contributed by atoms with E-state index in [1.807, 2.05) is 35.2 Å². The van der Waals surface area contributed by atoms with Crippen LogP contribution in [-0.2, 0) is 11.3 Å². The minimum atomic E-state index is 0.0837. The van der Waals surface area contributed by atoms with Gasteiger partial charge in [0.25, 0.3) is 0 Å². The molecule has 1 aliphatic heterocycles. The molecule has 2 atom stereocenters. The van der Waals surface area contributed by atoms with Crippen molar-refractivity contribution in [2.24, 2.45) is 11.8 Å². The second-order valence-corrected chi connectivity index (χ2v) is 9.16. The summed E-state index contributed by atoms with van der Waals surface area (Å²) in [7, 11) is 0. The molecule has 1 saturated carbocycles. The van der Waals surface area contributed by atoms with E-state index in [-0.39, 0.29) is 11.8 Å². The molecule has 2 unspecified atom stereocenters. The van der Waals surface area contributed by atoms with Crippen LogP contribution in [0.25, 0.3) is 0 Å². The van der Waals surface area contributed by atoms with Crippen molar-refractivity contribution in [1.82, 2.24) is 4.90 Å². The molecule has 1 amide bonds. The molecule has 2 aliphatic rings. The zero-order valence-electron chi connectivity index (χ0n) is 18.7. The van der Waals surface area contributed by atoms with E-state index in [9.17, 15) is 4.79 Å². The second kappa shape index (κ2) is 10.1. The number of carbonyl (C=O) groups is 1. The highest BCUT2D eigenvalue weighted by Crippen LogP contribution is 2.33. The van der Waals surface area contributed by atoms with Gasteiger partial charge in [0.1, 0.15) is 0 Å². The van der Waals surface area contributed by atoms with Crippen molar-refractivity contribution in [2.45, 2.75) is 52.1 Å². The molecular formula is C26H34N2O3. The number of anilines is 1. The highest BCUT2D eigenvalue weighted by atomic mass is 16.5. The van der Waals surface area contributed by atoms with E-state index in [0.29, 0.717) is 31.7 Å². The molecule has 1 fully saturated rings. The van der Waals surface area contributed by atoms with Gasteiger partial charge in [-0.15, -0.1) is 0 Å². The standard InChI is InChI=1S/C26H34N2O3/c1-19(2)17-28(18-20-9-12-24-25(15-20)31-14-6-13-30-24)26(29)21-10-11-23(16-21)27-22-7-4-3-5-8-22/h3-5,7-9,12,15,19,21,23,27H,6,10-11,13-14,16-18H2,1-2H3. The predicted molar refractivity (Wildman–Crippen MR) is 123 cm³/mol. The average Bonchev–Trinajstić information content (AvgIpc) is 3.09. The number of amides is 1. The summed E-state index contributed by atoms with van der Waals surface area (Å²) in [6.07, 6.45) is 3.76. The summed E-state index contributed by atoms with van der Waals surface area (Å²) in [5.74, 6) is 2.37. The van der Waals surface area contributed by atoms with E-state index in [2.05, 4.69) is 37.4 Å². The van der Waals surface area contributed by atoms with Crippen LogP contribution in [0.4, 0.5) is 5.69 Å². The van der Waals surface area contributed by atoms with Gasteiger partial charge < -0.3 is 19.7 Å². The van der Waals surface area contributed by atoms with Gasteiger partial charge in [-0.3, -0.25) is 4.79 Å². The maximum Gasteiger partial charge on any atom is 0.226 e. The van der Waals surface area contributed by atoms with Crippen molar-refractivity contribution in [3.63, 3.8) is 0 Å². The first-order valence-electron chi connectivity index (χ1n) is 11.6. The minimum absolute atomic E-state index is 0.0837. The highest BCUT2D eigenvalue weighted by Gasteiger charge is 2.33. The molecule has 0 radical (unpaired) electrons. The molecule has 2 aromatic rings. The molecule has 0 bridgehead atoms. The number of hydrogen-bond acceptors (Lipinski definition) is 4. The molecule has 1 N–H and O–H groups in total. The van der Waals surface area contributed by atoms with Crippen molar-refractivity contribution in [1.29, 1.82) is 0 Å². The molecule has 2 aromatic carbocycles. The van der Waals surface area contributed by atoms with Crippen LogP contribution in [0, 0.1) is 11.8 Å². The van der Waals surface area contributed by atoms with E-state index >= 15 is 0 Å².